The Balaban J connectivity index is 2.43. The van der Waals surface area contributed by atoms with Crippen LogP contribution in [0.2, 0.25) is 0 Å². The average Bonchev–Trinajstić information content (AvgIpc) is 2.09. The lowest BCUT2D eigenvalue weighted by Gasteiger charge is -2.06. The molecule has 0 fully saturated rings. The lowest BCUT2D eigenvalue weighted by Crippen LogP contribution is -2.27. The predicted octanol–water partition coefficient (Wildman–Crippen LogP) is -0.672. The minimum atomic E-state index is -3.14. The van der Waals surface area contributed by atoms with Crippen LogP contribution in [0.25, 0.3) is 0 Å². The molecule has 0 saturated heterocycles. The van der Waals surface area contributed by atoms with Crippen LogP contribution in [0.15, 0.2) is 6.07 Å². The second kappa shape index (κ2) is 5.08. The minimum Gasteiger partial charge on any atom is -0.369 e. The van der Waals surface area contributed by atoms with Gasteiger partial charge in [-0.2, -0.15) is 4.98 Å². The van der Waals surface area contributed by atoms with Crippen LogP contribution in [0.4, 0.5) is 11.8 Å². The van der Waals surface area contributed by atoms with Crippen molar-refractivity contribution in [1.82, 2.24) is 14.7 Å². The van der Waals surface area contributed by atoms with Crippen LogP contribution < -0.4 is 15.8 Å². The zero-order valence-corrected chi connectivity index (χ0v) is 10.0. The number of aromatic nitrogens is 2. The fraction of sp³-hybridized carbons (Fsp3) is 0.500. The molecule has 0 aliphatic heterocycles. The maximum absolute atomic E-state index is 10.8. The first-order valence-electron chi connectivity index (χ1n) is 4.66. The fourth-order valence-electron chi connectivity index (χ4n) is 1.11. The summed E-state index contributed by atoms with van der Waals surface area (Å²) in [5.74, 6) is 0.777. The van der Waals surface area contributed by atoms with Gasteiger partial charge in [-0.3, -0.25) is 0 Å². The van der Waals surface area contributed by atoms with Gasteiger partial charge < -0.3 is 11.1 Å². The van der Waals surface area contributed by atoms with Gasteiger partial charge in [-0.15, -0.1) is 0 Å². The number of nitrogens with two attached hydrogens (primary N) is 1. The molecule has 0 aliphatic carbocycles. The van der Waals surface area contributed by atoms with Crippen LogP contribution >= 0.6 is 0 Å². The number of nitrogen functional groups attached to an aromatic ring is 1. The Morgan fingerprint density at radius 3 is 2.62 bits per heavy atom. The Bertz CT molecular complexity index is 439. The molecule has 90 valence electrons. The quantitative estimate of drug-likeness (QED) is 0.593. The third-order valence-electron chi connectivity index (χ3n) is 1.67. The van der Waals surface area contributed by atoms with Crippen LogP contribution in [0, 0.1) is 6.92 Å². The van der Waals surface area contributed by atoms with E-state index in [0.717, 1.165) is 11.9 Å². The second-order valence-electron chi connectivity index (χ2n) is 3.35. The lowest BCUT2D eigenvalue weighted by atomic mass is 10.4. The highest BCUT2D eigenvalue weighted by molar-refractivity contribution is 7.88. The van der Waals surface area contributed by atoms with Gasteiger partial charge in [0.25, 0.3) is 0 Å². The monoisotopic (exact) mass is 245 g/mol. The molecular weight excluding hydrogens is 230 g/mol. The van der Waals surface area contributed by atoms with E-state index in [9.17, 15) is 8.42 Å². The summed E-state index contributed by atoms with van der Waals surface area (Å²) in [7, 11) is -3.14. The van der Waals surface area contributed by atoms with Crippen molar-refractivity contribution < 1.29 is 8.42 Å². The summed E-state index contributed by atoms with van der Waals surface area (Å²) in [6.07, 6.45) is 1.11. The molecule has 0 radical (unpaired) electrons. The van der Waals surface area contributed by atoms with Gasteiger partial charge in [-0.1, -0.05) is 0 Å². The van der Waals surface area contributed by atoms with Gasteiger partial charge in [0.05, 0.1) is 6.26 Å². The summed E-state index contributed by atoms with van der Waals surface area (Å²) in [4.78, 5) is 7.86. The number of aryl methyl sites for hydroxylation is 1. The van der Waals surface area contributed by atoms with Crippen molar-refractivity contribution in [1.29, 1.82) is 0 Å². The van der Waals surface area contributed by atoms with E-state index >= 15 is 0 Å². The van der Waals surface area contributed by atoms with E-state index < -0.39 is 10.0 Å². The van der Waals surface area contributed by atoms with E-state index in [2.05, 4.69) is 20.0 Å². The molecule has 0 aliphatic rings. The topological polar surface area (TPSA) is 110 Å². The molecule has 7 nitrogen and oxygen atoms in total. The first-order valence-corrected chi connectivity index (χ1v) is 6.55. The molecule has 0 aromatic carbocycles. The van der Waals surface area contributed by atoms with E-state index in [1.807, 2.05) is 0 Å². The van der Waals surface area contributed by atoms with E-state index in [-0.39, 0.29) is 5.95 Å². The molecule has 4 N–H and O–H groups in total. The predicted molar refractivity (Wildman–Crippen MR) is 62.5 cm³/mol. The molecule has 8 heteroatoms. The standard InChI is InChI=1S/C8H15N5O2S/c1-6-5-7(13-8(9)12-6)10-3-4-11-16(2,14)15/h5,11H,3-4H2,1-2H3,(H3,9,10,12,13). The SMILES string of the molecule is Cc1cc(NCCNS(C)(=O)=O)nc(N)n1. The molecule has 0 amide bonds. The van der Waals surface area contributed by atoms with Gasteiger partial charge in [-0.05, 0) is 6.92 Å². The van der Waals surface area contributed by atoms with E-state index in [0.29, 0.717) is 18.9 Å². The van der Waals surface area contributed by atoms with Gasteiger partial charge in [0.2, 0.25) is 16.0 Å². The van der Waals surface area contributed by atoms with Crippen LogP contribution in [0.5, 0.6) is 0 Å². The third-order valence-corrected chi connectivity index (χ3v) is 2.40. The molecule has 0 unspecified atom stereocenters. The number of hydrogen-bond acceptors (Lipinski definition) is 6. The van der Waals surface area contributed by atoms with Crippen LogP contribution in [-0.2, 0) is 10.0 Å². The number of hydrogen-bond donors (Lipinski definition) is 3. The summed E-state index contributed by atoms with van der Waals surface area (Å²) in [5, 5.41) is 2.94. The van der Waals surface area contributed by atoms with Crippen molar-refractivity contribution in [3.63, 3.8) is 0 Å². The molecule has 1 rings (SSSR count). The van der Waals surface area contributed by atoms with Crippen molar-refractivity contribution in [2.75, 3.05) is 30.4 Å². The number of anilines is 2. The normalized spacial score (nSPS) is 11.4. The summed E-state index contributed by atoms with van der Waals surface area (Å²) in [6, 6.07) is 1.73. The molecule has 1 aromatic heterocycles. The minimum absolute atomic E-state index is 0.193. The number of sulfonamides is 1. The molecular formula is C8H15N5O2S. The largest absolute Gasteiger partial charge is 0.369 e. The Kier molecular flexibility index (Phi) is 4.02. The van der Waals surface area contributed by atoms with Gasteiger partial charge in [0.15, 0.2) is 0 Å². The van der Waals surface area contributed by atoms with E-state index in [4.69, 9.17) is 5.73 Å². The number of rotatable bonds is 5. The zero-order chi connectivity index (χ0) is 12.2. The summed E-state index contributed by atoms with van der Waals surface area (Å²) >= 11 is 0. The van der Waals surface area contributed by atoms with Crippen LogP contribution in [0.3, 0.4) is 0 Å². The molecule has 0 saturated carbocycles. The number of nitrogens with zero attached hydrogens (tertiary/aromatic N) is 2. The Hall–Kier alpha value is -1.41. The third kappa shape index (κ3) is 4.89. The van der Waals surface area contributed by atoms with Gasteiger partial charge >= 0.3 is 0 Å². The first kappa shape index (κ1) is 12.7. The van der Waals surface area contributed by atoms with Crippen LogP contribution in [0.1, 0.15) is 5.69 Å². The highest BCUT2D eigenvalue weighted by atomic mass is 32.2. The lowest BCUT2D eigenvalue weighted by molar-refractivity contribution is 0.589. The van der Waals surface area contributed by atoms with Gasteiger partial charge in [-0.25, -0.2) is 18.1 Å². The van der Waals surface area contributed by atoms with Crippen molar-refractivity contribution in [2.24, 2.45) is 0 Å². The first-order chi connectivity index (χ1) is 7.37. The Labute approximate surface area is 94.5 Å². The maximum Gasteiger partial charge on any atom is 0.222 e. The molecule has 1 aromatic rings. The smallest absolute Gasteiger partial charge is 0.222 e. The van der Waals surface area contributed by atoms with Gasteiger partial charge in [0.1, 0.15) is 5.82 Å². The molecule has 16 heavy (non-hydrogen) atoms. The van der Waals surface area contributed by atoms with Crippen molar-refractivity contribution in [2.45, 2.75) is 6.92 Å². The fourth-order valence-corrected chi connectivity index (χ4v) is 1.58. The zero-order valence-electron chi connectivity index (χ0n) is 9.19. The average molecular weight is 245 g/mol. The maximum atomic E-state index is 10.8. The van der Waals surface area contributed by atoms with Crippen molar-refractivity contribution in [3.05, 3.63) is 11.8 Å². The molecule has 1 heterocycles. The highest BCUT2D eigenvalue weighted by Gasteiger charge is 2.00. The number of nitrogens with one attached hydrogen (secondary N) is 2. The van der Waals surface area contributed by atoms with E-state index in [1.54, 1.807) is 13.0 Å². The summed E-state index contributed by atoms with van der Waals surface area (Å²) in [5.41, 5.74) is 6.21. The Morgan fingerprint density at radius 2 is 2.06 bits per heavy atom. The van der Waals surface area contributed by atoms with E-state index in [1.165, 1.54) is 0 Å². The summed E-state index contributed by atoms with van der Waals surface area (Å²) < 4.78 is 23.9. The van der Waals surface area contributed by atoms with Crippen molar-refractivity contribution >= 4 is 21.8 Å². The van der Waals surface area contributed by atoms with Crippen molar-refractivity contribution in [3.8, 4) is 0 Å². The molecule has 0 spiro atoms. The van der Waals surface area contributed by atoms with Gasteiger partial charge in [0, 0.05) is 24.8 Å². The highest BCUT2D eigenvalue weighted by Crippen LogP contribution is 2.05. The molecule has 0 bridgehead atoms. The summed E-state index contributed by atoms with van der Waals surface area (Å²) in [6.45, 7) is 2.53. The second-order valence-corrected chi connectivity index (χ2v) is 5.18. The Morgan fingerprint density at radius 1 is 1.38 bits per heavy atom. The van der Waals surface area contributed by atoms with Crippen LogP contribution in [-0.4, -0.2) is 37.7 Å². The molecule has 0 atom stereocenters.